The average molecular weight is 507 g/mol. The van der Waals surface area contributed by atoms with E-state index in [0.717, 1.165) is 61.1 Å². The molecule has 36 heavy (non-hydrogen) atoms. The highest BCUT2D eigenvalue weighted by atomic mass is 35.5. The number of fused-ring (bicyclic) bond motifs is 2. The van der Waals surface area contributed by atoms with Gasteiger partial charge in [-0.25, -0.2) is 9.50 Å². The Labute approximate surface area is 215 Å². The van der Waals surface area contributed by atoms with Gasteiger partial charge in [0, 0.05) is 61.6 Å². The third-order valence-corrected chi connectivity index (χ3v) is 8.54. The van der Waals surface area contributed by atoms with Crippen molar-refractivity contribution < 1.29 is 9.59 Å². The number of rotatable bonds is 6. The molecule has 0 radical (unpaired) electrons. The van der Waals surface area contributed by atoms with Gasteiger partial charge in [-0.3, -0.25) is 4.79 Å². The van der Waals surface area contributed by atoms with Crippen molar-refractivity contribution in [3.8, 4) is 11.3 Å². The maximum absolute atomic E-state index is 13.0. The van der Waals surface area contributed by atoms with Crippen molar-refractivity contribution >= 4 is 35.0 Å². The molecule has 2 unspecified atom stereocenters. The SMILES string of the molecule is CN(Cc1cc2c(-c3cc(Cl)cc4c3N(C3CNC3)CCC4)ncnn2c1)C(=O)C1C(C=O)C1(C)C. The maximum atomic E-state index is 13.0. The molecule has 2 atom stereocenters. The van der Waals surface area contributed by atoms with E-state index in [4.69, 9.17) is 16.6 Å². The molecule has 9 heteroatoms. The number of carbonyl (C=O) groups is 2. The van der Waals surface area contributed by atoms with Crippen molar-refractivity contribution in [2.45, 2.75) is 39.3 Å². The van der Waals surface area contributed by atoms with Gasteiger partial charge in [0.05, 0.1) is 23.2 Å². The van der Waals surface area contributed by atoms with Gasteiger partial charge in [-0.1, -0.05) is 25.4 Å². The highest BCUT2D eigenvalue weighted by Gasteiger charge is 2.62. The van der Waals surface area contributed by atoms with Crippen LogP contribution in [0.25, 0.3) is 16.8 Å². The molecule has 1 N–H and O–H groups in total. The lowest BCUT2D eigenvalue weighted by atomic mass is 9.93. The van der Waals surface area contributed by atoms with Crippen molar-refractivity contribution in [2.75, 3.05) is 31.6 Å². The summed E-state index contributed by atoms with van der Waals surface area (Å²) in [6.07, 6.45) is 6.55. The number of aromatic nitrogens is 3. The van der Waals surface area contributed by atoms with Crippen molar-refractivity contribution in [2.24, 2.45) is 17.3 Å². The number of amides is 1. The second-order valence-electron chi connectivity index (χ2n) is 11.0. The van der Waals surface area contributed by atoms with Crippen LogP contribution in [0.2, 0.25) is 5.02 Å². The summed E-state index contributed by atoms with van der Waals surface area (Å²) in [6, 6.07) is 6.64. The van der Waals surface area contributed by atoms with E-state index in [0.29, 0.717) is 17.6 Å². The number of aldehydes is 1. The van der Waals surface area contributed by atoms with E-state index in [-0.39, 0.29) is 23.2 Å². The van der Waals surface area contributed by atoms with E-state index in [1.54, 1.807) is 18.3 Å². The fourth-order valence-corrected chi connectivity index (χ4v) is 6.29. The Morgan fingerprint density at radius 1 is 1.31 bits per heavy atom. The highest BCUT2D eigenvalue weighted by Crippen LogP contribution is 2.57. The fraction of sp³-hybridized carbons (Fsp3) is 0.481. The lowest BCUT2D eigenvalue weighted by molar-refractivity contribution is -0.133. The van der Waals surface area contributed by atoms with Crippen molar-refractivity contribution in [3.05, 3.63) is 46.9 Å². The lowest BCUT2D eigenvalue weighted by Gasteiger charge is -2.44. The van der Waals surface area contributed by atoms with Crippen LogP contribution in [0.3, 0.4) is 0 Å². The molecule has 2 fully saturated rings. The number of hydrogen-bond acceptors (Lipinski definition) is 6. The van der Waals surface area contributed by atoms with E-state index < -0.39 is 0 Å². The van der Waals surface area contributed by atoms with Crippen LogP contribution >= 0.6 is 11.6 Å². The predicted molar refractivity (Wildman–Crippen MR) is 139 cm³/mol. The molecule has 1 saturated heterocycles. The number of carbonyl (C=O) groups excluding carboxylic acids is 2. The van der Waals surface area contributed by atoms with Crippen LogP contribution in [-0.4, -0.2) is 64.4 Å². The fourth-order valence-electron chi connectivity index (χ4n) is 6.05. The first-order valence-electron chi connectivity index (χ1n) is 12.6. The Hall–Kier alpha value is -2.97. The molecule has 2 aromatic heterocycles. The van der Waals surface area contributed by atoms with Crippen molar-refractivity contribution in [1.82, 2.24) is 24.8 Å². The van der Waals surface area contributed by atoms with Gasteiger partial charge in [0.15, 0.2) is 0 Å². The second kappa shape index (κ2) is 8.56. The summed E-state index contributed by atoms with van der Waals surface area (Å²) in [4.78, 5) is 33.4. The quantitative estimate of drug-likeness (QED) is 0.517. The number of nitrogens with one attached hydrogen (secondary N) is 1. The molecule has 6 rings (SSSR count). The zero-order chi connectivity index (χ0) is 25.2. The van der Waals surface area contributed by atoms with Gasteiger partial charge in [0.25, 0.3) is 0 Å². The molecule has 4 heterocycles. The Morgan fingerprint density at radius 3 is 2.81 bits per heavy atom. The van der Waals surface area contributed by atoms with Gasteiger partial charge in [0.2, 0.25) is 5.91 Å². The van der Waals surface area contributed by atoms with Gasteiger partial charge < -0.3 is 19.9 Å². The van der Waals surface area contributed by atoms with Crippen molar-refractivity contribution in [3.63, 3.8) is 0 Å². The van der Waals surface area contributed by atoms with E-state index >= 15 is 0 Å². The van der Waals surface area contributed by atoms with Gasteiger partial charge >= 0.3 is 0 Å². The molecule has 3 aliphatic rings. The summed E-state index contributed by atoms with van der Waals surface area (Å²) in [7, 11) is 1.80. The summed E-state index contributed by atoms with van der Waals surface area (Å²) in [5.74, 6) is -0.453. The molecule has 8 nitrogen and oxygen atoms in total. The number of halogens is 1. The molecular formula is C27H31ClN6O2. The smallest absolute Gasteiger partial charge is 0.227 e. The second-order valence-corrected chi connectivity index (χ2v) is 11.4. The van der Waals surface area contributed by atoms with Crippen LogP contribution in [0, 0.1) is 17.3 Å². The Kier molecular flexibility index (Phi) is 5.57. The highest BCUT2D eigenvalue weighted by molar-refractivity contribution is 6.31. The molecule has 1 aliphatic carbocycles. The Balaban J connectivity index is 1.35. The number of benzene rings is 1. The molecule has 2 aliphatic heterocycles. The first-order valence-corrected chi connectivity index (χ1v) is 13.0. The van der Waals surface area contributed by atoms with E-state index in [1.165, 1.54) is 11.3 Å². The third-order valence-electron chi connectivity index (χ3n) is 8.32. The van der Waals surface area contributed by atoms with Gasteiger partial charge in [-0.05, 0) is 47.6 Å². The minimum absolute atomic E-state index is 0.00678. The topological polar surface area (TPSA) is 82.8 Å². The van der Waals surface area contributed by atoms with Crippen LogP contribution in [0.1, 0.15) is 31.4 Å². The average Bonchev–Trinajstić information content (AvgIpc) is 3.14. The summed E-state index contributed by atoms with van der Waals surface area (Å²) >= 11 is 6.60. The first kappa shape index (κ1) is 23.4. The van der Waals surface area contributed by atoms with Crippen LogP contribution < -0.4 is 10.2 Å². The molecular weight excluding hydrogens is 476 g/mol. The van der Waals surface area contributed by atoms with Crippen LogP contribution in [-0.2, 0) is 22.6 Å². The predicted octanol–water partition coefficient (Wildman–Crippen LogP) is 3.20. The Bertz CT molecular complexity index is 1360. The molecule has 0 spiro atoms. The van der Waals surface area contributed by atoms with E-state index in [9.17, 15) is 9.59 Å². The Morgan fingerprint density at radius 2 is 2.11 bits per heavy atom. The largest absolute Gasteiger partial charge is 0.365 e. The standard InChI is InChI=1S/C27H31ClN6O2/c1-27(2)21(14-35)23(27)26(36)32(3)12-16-7-22-24(30-15-31-34(22)13-16)20-9-18(28)8-17-5-4-6-33(25(17)20)19-10-29-11-19/h7-9,13-15,19,21,23,29H,4-6,10-12H2,1-3H3. The van der Waals surface area contributed by atoms with E-state index in [1.807, 2.05) is 30.6 Å². The minimum Gasteiger partial charge on any atom is -0.365 e. The zero-order valence-electron chi connectivity index (χ0n) is 20.9. The monoisotopic (exact) mass is 506 g/mol. The van der Waals surface area contributed by atoms with Crippen LogP contribution in [0.4, 0.5) is 5.69 Å². The van der Waals surface area contributed by atoms with Gasteiger partial charge in [-0.2, -0.15) is 5.10 Å². The minimum atomic E-state index is -0.273. The number of aryl methyl sites for hydroxylation is 1. The zero-order valence-corrected chi connectivity index (χ0v) is 21.6. The summed E-state index contributed by atoms with van der Waals surface area (Å²) < 4.78 is 1.83. The van der Waals surface area contributed by atoms with Crippen LogP contribution in [0.15, 0.2) is 30.7 Å². The summed E-state index contributed by atoms with van der Waals surface area (Å²) in [5.41, 5.74) is 5.93. The lowest BCUT2D eigenvalue weighted by Crippen LogP contribution is -2.58. The molecule has 0 bridgehead atoms. The first-order chi connectivity index (χ1) is 17.3. The van der Waals surface area contributed by atoms with Gasteiger partial charge in [-0.15, -0.1) is 0 Å². The maximum Gasteiger partial charge on any atom is 0.227 e. The molecule has 188 valence electrons. The van der Waals surface area contributed by atoms with Crippen molar-refractivity contribution in [1.29, 1.82) is 0 Å². The number of nitrogens with zero attached hydrogens (tertiary/aromatic N) is 5. The number of hydrogen-bond donors (Lipinski definition) is 1. The molecule has 1 saturated carbocycles. The molecule has 3 aromatic rings. The molecule has 1 amide bonds. The third kappa shape index (κ3) is 3.69. The summed E-state index contributed by atoms with van der Waals surface area (Å²) in [6.45, 7) is 7.39. The molecule has 1 aromatic carbocycles. The van der Waals surface area contributed by atoms with E-state index in [2.05, 4.69) is 27.4 Å². The number of anilines is 1. The summed E-state index contributed by atoms with van der Waals surface area (Å²) in [5, 5.41) is 8.56. The van der Waals surface area contributed by atoms with Gasteiger partial charge in [0.1, 0.15) is 12.6 Å². The normalized spacial score (nSPS) is 22.7. The van der Waals surface area contributed by atoms with Crippen LogP contribution in [0.5, 0.6) is 0 Å².